The van der Waals surface area contributed by atoms with Gasteiger partial charge in [-0.05, 0) is 44.7 Å². The first-order valence-corrected chi connectivity index (χ1v) is 7.83. The van der Waals surface area contributed by atoms with Crippen LogP contribution < -0.4 is 5.32 Å². The van der Waals surface area contributed by atoms with Crippen LogP contribution in [0.2, 0.25) is 0 Å². The van der Waals surface area contributed by atoms with Crippen molar-refractivity contribution < 1.29 is 9.53 Å². The topological polar surface area (TPSA) is 41.6 Å². The molecule has 2 saturated heterocycles. The van der Waals surface area contributed by atoms with E-state index in [1.165, 1.54) is 12.8 Å². The molecule has 0 spiro atoms. The van der Waals surface area contributed by atoms with E-state index in [9.17, 15) is 4.79 Å². The van der Waals surface area contributed by atoms with Crippen LogP contribution in [0.1, 0.15) is 39.5 Å². The fourth-order valence-corrected chi connectivity index (χ4v) is 2.91. The molecule has 2 rings (SSSR count). The van der Waals surface area contributed by atoms with Crippen molar-refractivity contribution >= 4 is 5.91 Å². The molecular weight excluding hydrogens is 240 g/mol. The molecule has 4 nitrogen and oxygen atoms in total. The molecule has 0 aromatic carbocycles. The lowest BCUT2D eigenvalue weighted by Crippen LogP contribution is -2.51. The lowest BCUT2D eigenvalue weighted by atomic mass is 9.87. The number of hydrogen-bond acceptors (Lipinski definition) is 3. The van der Waals surface area contributed by atoms with Gasteiger partial charge in [-0.15, -0.1) is 0 Å². The molecule has 2 aliphatic heterocycles. The van der Waals surface area contributed by atoms with E-state index in [2.05, 4.69) is 19.2 Å². The van der Waals surface area contributed by atoms with E-state index in [1.807, 2.05) is 4.90 Å². The van der Waals surface area contributed by atoms with Crippen LogP contribution in [0, 0.1) is 11.8 Å². The average molecular weight is 268 g/mol. The second kappa shape index (κ2) is 7.25. The Labute approximate surface area is 116 Å². The van der Waals surface area contributed by atoms with Gasteiger partial charge in [0.05, 0.1) is 6.10 Å². The normalized spacial score (nSPS) is 25.7. The first kappa shape index (κ1) is 14.8. The van der Waals surface area contributed by atoms with E-state index in [0.29, 0.717) is 11.8 Å². The summed E-state index contributed by atoms with van der Waals surface area (Å²) in [7, 11) is 0. The molecule has 2 atom stereocenters. The van der Waals surface area contributed by atoms with Crippen LogP contribution in [0.25, 0.3) is 0 Å². The van der Waals surface area contributed by atoms with Crippen LogP contribution in [-0.4, -0.2) is 49.7 Å². The van der Waals surface area contributed by atoms with Gasteiger partial charge in [-0.25, -0.2) is 0 Å². The Bertz CT molecular complexity index is 286. The lowest BCUT2D eigenvalue weighted by Gasteiger charge is -2.36. The molecule has 0 saturated carbocycles. The van der Waals surface area contributed by atoms with Gasteiger partial charge in [0.15, 0.2) is 0 Å². The SMILES string of the molecule is CCCN(CC1CCCCO1)C(=O)C(C)C1CNC1. The molecule has 0 aromatic heterocycles. The molecule has 2 unspecified atom stereocenters. The van der Waals surface area contributed by atoms with Crippen molar-refractivity contribution in [3.63, 3.8) is 0 Å². The maximum absolute atomic E-state index is 12.6. The summed E-state index contributed by atoms with van der Waals surface area (Å²) in [5, 5.41) is 3.25. The summed E-state index contributed by atoms with van der Waals surface area (Å²) in [6.45, 7) is 8.72. The number of carbonyl (C=O) groups is 1. The number of ether oxygens (including phenoxy) is 1. The monoisotopic (exact) mass is 268 g/mol. The minimum absolute atomic E-state index is 0.149. The molecule has 2 aliphatic rings. The molecule has 0 aliphatic carbocycles. The van der Waals surface area contributed by atoms with Crippen molar-refractivity contribution in [2.24, 2.45) is 11.8 Å². The molecule has 110 valence electrons. The van der Waals surface area contributed by atoms with Crippen LogP contribution in [0.5, 0.6) is 0 Å². The first-order valence-electron chi connectivity index (χ1n) is 7.83. The lowest BCUT2D eigenvalue weighted by molar-refractivity contribution is -0.140. The van der Waals surface area contributed by atoms with Crippen molar-refractivity contribution in [1.82, 2.24) is 10.2 Å². The highest BCUT2D eigenvalue weighted by Gasteiger charge is 2.32. The fourth-order valence-electron chi connectivity index (χ4n) is 2.91. The Morgan fingerprint density at radius 2 is 2.21 bits per heavy atom. The van der Waals surface area contributed by atoms with Crippen molar-refractivity contribution in [3.8, 4) is 0 Å². The van der Waals surface area contributed by atoms with E-state index >= 15 is 0 Å². The Morgan fingerprint density at radius 1 is 1.42 bits per heavy atom. The number of nitrogens with zero attached hydrogens (tertiary/aromatic N) is 1. The van der Waals surface area contributed by atoms with Crippen molar-refractivity contribution in [3.05, 3.63) is 0 Å². The van der Waals surface area contributed by atoms with Crippen molar-refractivity contribution in [2.45, 2.75) is 45.6 Å². The number of nitrogens with one attached hydrogen (secondary N) is 1. The number of carbonyl (C=O) groups excluding carboxylic acids is 1. The zero-order valence-corrected chi connectivity index (χ0v) is 12.4. The van der Waals surface area contributed by atoms with Gasteiger partial charge >= 0.3 is 0 Å². The zero-order valence-electron chi connectivity index (χ0n) is 12.4. The van der Waals surface area contributed by atoms with E-state index in [0.717, 1.165) is 45.6 Å². The third-order valence-electron chi connectivity index (χ3n) is 4.41. The van der Waals surface area contributed by atoms with Crippen molar-refractivity contribution in [2.75, 3.05) is 32.8 Å². The molecule has 19 heavy (non-hydrogen) atoms. The minimum Gasteiger partial charge on any atom is -0.376 e. The summed E-state index contributed by atoms with van der Waals surface area (Å²) >= 11 is 0. The molecule has 0 aromatic rings. The second-order valence-corrected chi connectivity index (χ2v) is 5.98. The summed E-state index contributed by atoms with van der Waals surface area (Å²) < 4.78 is 5.78. The maximum Gasteiger partial charge on any atom is 0.225 e. The summed E-state index contributed by atoms with van der Waals surface area (Å²) in [5.74, 6) is 0.998. The van der Waals surface area contributed by atoms with E-state index < -0.39 is 0 Å². The molecule has 0 bridgehead atoms. The molecule has 2 heterocycles. The van der Waals surface area contributed by atoms with Crippen LogP contribution >= 0.6 is 0 Å². The Morgan fingerprint density at radius 3 is 2.74 bits per heavy atom. The number of rotatable bonds is 6. The third-order valence-corrected chi connectivity index (χ3v) is 4.41. The first-order chi connectivity index (χ1) is 9.22. The Hall–Kier alpha value is -0.610. The van der Waals surface area contributed by atoms with E-state index in [-0.39, 0.29) is 12.0 Å². The van der Waals surface area contributed by atoms with E-state index in [1.54, 1.807) is 0 Å². The van der Waals surface area contributed by atoms with Gasteiger partial charge in [-0.3, -0.25) is 4.79 Å². The van der Waals surface area contributed by atoms with Gasteiger partial charge < -0.3 is 15.0 Å². The molecular formula is C15H28N2O2. The summed E-state index contributed by atoms with van der Waals surface area (Å²) in [6, 6.07) is 0. The molecule has 0 radical (unpaired) electrons. The predicted molar refractivity (Wildman–Crippen MR) is 76.0 cm³/mol. The number of hydrogen-bond donors (Lipinski definition) is 1. The minimum atomic E-state index is 0.149. The summed E-state index contributed by atoms with van der Waals surface area (Å²) in [5.41, 5.74) is 0. The highest BCUT2D eigenvalue weighted by molar-refractivity contribution is 5.79. The van der Waals surface area contributed by atoms with E-state index in [4.69, 9.17) is 4.74 Å². The largest absolute Gasteiger partial charge is 0.376 e. The maximum atomic E-state index is 12.6. The molecule has 4 heteroatoms. The smallest absolute Gasteiger partial charge is 0.225 e. The van der Waals surface area contributed by atoms with Crippen LogP contribution in [-0.2, 0) is 9.53 Å². The van der Waals surface area contributed by atoms with Gasteiger partial charge in [-0.2, -0.15) is 0 Å². The van der Waals surface area contributed by atoms with Gasteiger partial charge in [0.2, 0.25) is 5.91 Å². The van der Waals surface area contributed by atoms with Gasteiger partial charge in [0.25, 0.3) is 0 Å². The Kier molecular flexibility index (Phi) is 5.64. The highest BCUT2D eigenvalue weighted by atomic mass is 16.5. The quantitative estimate of drug-likeness (QED) is 0.796. The van der Waals surface area contributed by atoms with Crippen LogP contribution in [0.15, 0.2) is 0 Å². The van der Waals surface area contributed by atoms with Crippen LogP contribution in [0.3, 0.4) is 0 Å². The average Bonchev–Trinajstić information content (AvgIpc) is 2.36. The number of amides is 1. The third kappa shape index (κ3) is 3.93. The van der Waals surface area contributed by atoms with Crippen LogP contribution in [0.4, 0.5) is 0 Å². The van der Waals surface area contributed by atoms with Gasteiger partial charge in [0, 0.05) is 25.6 Å². The fraction of sp³-hybridized carbons (Fsp3) is 0.933. The molecule has 1 N–H and O–H groups in total. The Balaban J connectivity index is 1.87. The zero-order chi connectivity index (χ0) is 13.7. The molecule has 1 amide bonds. The van der Waals surface area contributed by atoms with Gasteiger partial charge in [-0.1, -0.05) is 13.8 Å². The molecule has 2 fully saturated rings. The van der Waals surface area contributed by atoms with Gasteiger partial charge in [0.1, 0.15) is 0 Å². The van der Waals surface area contributed by atoms with Crippen molar-refractivity contribution in [1.29, 1.82) is 0 Å². The summed E-state index contributed by atoms with van der Waals surface area (Å²) in [6.07, 6.45) is 4.79. The second-order valence-electron chi connectivity index (χ2n) is 5.98. The highest BCUT2D eigenvalue weighted by Crippen LogP contribution is 2.20. The standard InChI is InChI=1S/C15H28N2O2/c1-3-7-17(11-14-6-4-5-8-19-14)15(18)12(2)13-9-16-10-13/h12-14,16H,3-11H2,1-2H3. The predicted octanol–water partition coefficient (Wildman–Crippen LogP) is 1.65. The summed E-state index contributed by atoms with van der Waals surface area (Å²) in [4.78, 5) is 14.6.